The molecule has 18 heavy (non-hydrogen) atoms. The average Bonchev–Trinajstić information content (AvgIpc) is 2.85. The molecule has 4 heteroatoms. The highest BCUT2D eigenvalue weighted by Crippen LogP contribution is 2.33. The number of fused-ring (bicyclic) bond motifs is 1. The molecule has 2 heterocycles. The van der Waals surface area contributed by atoms with Crippen LogP contribution >= 0.6 is 15.9 Å². The molecule has 0 radical (unpaired) electrons. The monoisotopic (exact) mass is 310 g/mol. The Bertz CT molecular complexity index is 430. The van der Waals surface area contributed by atoms with Gasteiger partial charge in [0.05, 0.1) is 6.61 Å². The predicted octanol–water partition coefficient (Wildman–Crippen LogP) is 1.83. The third kappa shape index (κ3) is 2.71. The Morgan fingerprint density at radius 1 is 1.28 bits per heavy atom. The van der Waals surface area contributed by atoms with Gasteiger partial charge in [-0.05, 0) is 29.7 Å². The molecule has 1 fully saturated rings. The molecule has 2 aliphatic rings. The van der Waals surface area contributed by atoms with E-state index in [0.717, 1.165) is 57.9 Å². The first-order valence-corrected chi connectivity index (χ1v) is 7.49. The molecular formula is C14H19BrN2O. The highest BCUT2D eigenvalue weighted by Gasteiger charge is 2.18. The zero-order valence-corrected chi connectivity index (χ0v) is 12.1. The van der Waals surface area contributed by atoms with E-state index in [1.165, 1.54) is 15.6 Å². The number of hydrogen-bond acceptors (Lipinski definition) is 3. The van der Waals surface area contributed by atoms with Crippen LogP contribution < -0.4 is 10.1 Å². The van der Waals surface area contributed by atoms with E-state index in [-0.39, 0.29) is 0 Å². The number of halogens is 1. The predicted molar refractivity (Wildman–Crippen MR) is 76.4 cm³/mol. The molecule has 0 amide bonds. The maximum absolute atomic E-state index is 5.77. The largest absolute Gasteiger partial charge is 0.493 e. The van der Waals surface area contributed by atoms with Crippen molar-refractivity contribution in [1.82, 2.24) is 10.2 Å². The Balaban J connectivity index is 1.68. The summed E-state index contributed by atoms with van der Waals surface area (Å²) in [4.78, 5) is 2.53. The molecule has 1 saturated heterocycles. The molecule has 0 saturated carbocycles. The van der Waals surface area contributed by atoms with E-state index in [4.69, 9.17) is 4.74 Å². The Hall–Kier alpha value is -0.580. The van der Waals surface area contributed by atoms with Crippen LogP contribution in [0.5, 0.6) is 5.75 Å². The Morgan fingerprint density at radius 2 is 2.11 bits per heavy atom. The third-order valence-corrected chi connectivity index (χ3v) is 4.19. The van der Waals surface area contributed by atoms with E-state index in [0.29, 0.717) is 0 Å². The number of benzene rings is 1. The second-order valence-electron chi connectivity index (χ2n) is 4.99. The van der Waals surface area contributed by atoms with Crippen molar-refractivity contribution in [2.45, 2.75) is 12.8 Å². The summed E-state index contributed by atoms with van der Waals surface area (Å²) in [6.45, 7) is 6.54. The lowest BCUT2D eigenvalue weighted by molar-refractivity contribution is 0.243. The van der Waals surface area contributed by atoms with Gasteiger partial charge in [0.2, 0.25) is 0 Å². The van der Waals surface area contributed by atoms with Crippen molar-refractivity contribution >= 4 is 15.9 Å². The van der Waals surface area contributed by atoms with Crippen LogP contribution in [0.2, 0.25) is 0 Å². The van der Waals surface area contributed by atoms with Gasteiger partial charge in [-0.25, -0.2) is 0 Å². The average molecular weight is 311 g/mol. The standard InChI is InChI=1S/C14H19BrN2O/c15-13-9-11(14-12(10-13)2-8-18-14)1-5-17-6-3-16-4-7-17/h9-10,16H,1-8H2. The van der Waals surface area contributed by atoms with Gasteiger partial charge in [0.15, 0.2) is 0 Å². The number of ether oxygens (including phenoxy) is 1. The second-order valence-corrected chi connectivity index (χ2v) is 5.91. The van der Waals surface area contributed by atoms with Crippen LogP contribution in [0.3, 0.4) is 0 Å². The van der Waals surface area contributed by atoms with Crippen molar-refractivity contribution in [2.24, 2.45) is 0 Å². The molecule has 0 atom stereocenters. The van der Waals surface area contributed by atoms with Gasteiger partial charge in [-0.2, -0.15) is 0 Å². The van der Waals surface area contributed by atoms with Gasteiger partial charge in [-0.15, -0.1) is 0 Å². The lowest BCUT2D eigenvalue weighted by Crippen LogP contribution is -2.44. The van der Waals surface area contributed by atoms with Crippen molar-refractivity contribution in [3.8, 4) is 5.75 Å². The van der Waals surface area contributed by atoms with Gasteiger partial charge in [0, 0.05) is 43.6 Å². The Morgan fingerprint density at radius 3 is 2.94 bits per heavy atom. The van der Waals surface area contributed by atoms with Crippen LogP contribution in [0.1, 0.15) is 11.1 Å². The van der Waals surface area contributed by atoms with E-state index in [9.17, 15) is 0 Å². The summed E-state index contributed by atoms with van der Waals surface area (Å²) in [7, 11) is 0. The third-order valence-electron chi connectivity index (χ3n) is 3.73. The molecule has 0 spiro atoms. The molecular weight excluding hydrogens is 292 g/mol. The summed E-state index contributed by atoms with van der Waals surface area (Å²) < 4.78 is 6.96. The topological polar surface area (TPSA) is 24.5 Å². The lowest BCUT2D eigenvalue weighted by Gasteiger charge is -2.27. The summed E-state index contributed by atoms with van der Waals surface area (Å²) in [6, 6.07) is 4.41. The van der Waals surface area contributed by atoms with Crippen molar-refractivity contribution < 1.29 is 4.74 Å². The molecule has 1 N–H and O–H groups in total. The summed E-state index contributed by atoms with van der Waals surface area (Å²) in [5, 5.41) is 3.39. The quantitative estimate of drug-likeness (QED) is 0.922. The van der Waals surface area contributed by atoms with Gasteiger partial charge in [0.1, 0.15) is 5.75 Å². The van der Waals surface area contributed by atoms with Gasteiger partial charge in [0.25, 0.3) is 0 Å². The number of nitrogens with one attached hydrogen (secondary N) is 1. The number of hydrogen-bond donors (Lipinski definition) is 1. The van der Waals surface area contributed by atoms with Crippen LogP contribution in [0.25, 0.3) is 0 Å². The molecule has 1 aromatic carbocycles. The second kappa shape index (κ2) is 5.59. The van der Waals surface area contributed by atoms with E-state index in [1.807, 2.05) is 0 Å². The van der Waals surface area contributed by atoms with Crippen molar-refractivity contribution in [1.29, 1.82) is 0 Å². The zero-order chi connectivity index (χ0) is 12.4. The maximum atomic E-state index is 5.77. The fourth-order valence-electron chi connectivity index (χ4n) is 2.75. The highest BCUT2D eigenvalue weighted by atomic mass is 79.9. The summed E-state index contributed by atoms with van der Waals surface area (Å²) in [6.07, 6.45) is 2.14. The van der Waals surface area contributed by atoms with Crippen LogP contribution in [0.15, 0.2) is 16.6 Å². The summed E-state index contributed by atoms with van der Waals surface area (Å²) >= 11 is 3.60. The molecule has 3 nitrogen and oxygen atoms in total. The SMILES string of the molecule is Brc1cc2c(c(CCN3CCNCC3)c1)OCC2. The first kappa shape index (κ1) is 12.5. The van der Waals surface area contributed by atoms with Crippen LogP contribution in [0, 0.1) is 0 Å². The zero-order valence-electron chi connectivity index (χ0n) is 10.5. The normalized spacial score (nSPS) is 19.6. The van der Waals surface area contributed by atoms with Crippen molar-refractivity contribution in [3.63, 3.8) is 0 Å². The molecule has 1 aromatic rings. The van der Waals surface area contributed by atoms with Crippen LogP contribution in [0.4, 0.5) is 0 Å². The molecule has 0 bridgehead atoms. The minimum atomic E-state index is 0.840. The molecule has 3 rings (SSSR count). The first-order valence-electron chi connectivity index (χ1n) is 6.70. The maximum Gasteiger partial charge on any atom is 0.125 e. The summed E-state index contributed by atoms with van der Waals surface area (Å²) in [5.41, 5.74) is 2.72. The first-order chi connectivity index (χ1) is 8.83. The Kier molecular flexibility index (Phi) is 3.87. The molecule has 0 aliphatic carbocycles. The Labute approximate surface area is 117 Å². The van der Waals surface area contributed by atoms with Crippen LogP contribution in [-0.2, 0) is 12.8 Å². The fourth-order valence-corrected chi connectivity index (χ4v) is 3.30. The van der Waals surface area contributed by atoms with Gasteiger partial charge in [-0.3, -0.25) is 0 Å². The minimum absolute atomic E-state index is 0.840. The highest BCUT2D eigenvalue weighted by molar-refractivity contribution is 9.10. The van der Waals surface area contributed by atoms with E-state index in [1.54, 1.807) is 0 Å². The fraction of sp³-hybridized carbons (Fsp3) is 0.571. The van der Waals surface area contributed by atoms with Crippen LogP contribution in [-0.4, -0.2) is 44.2 Å². The molecule has 2 aliphatic heterocycles. The smallest absolute Gasteiger partial charge is 0.125 e. The number of rotatable bonds is 3. The lowest BCUT2D eigenvalue weighted by atomic mass is 10.1. The van der Waals surface area contributed by atoms with E-state index in [2.05, 4.69) is 38.3 Å². The number of piperazine rings is 1. The molecule has 98 valence electrons. The summed E-state index contributed by atoms with van der Waals surface area (Å²) in [5.74, 6) is 1.15. The minimum Gasteiger partial charge on any atom is -0.493 e. The van der Waals surface area contributed by atoms with Gasteiger partial charge < -0.3 is 15.0 Å². The van der Waals surface area contributed by atoms with Gasteiger partial charge >= 0.3 is 0 Å². The van der Waals surface area contributed by atoms with Gasteiger partial charge in [-0.1, -0.05) is 15.9 Å². The van der Waals surface area contributed by atoms with Crippen molar-refractivity contribution in [2.75, 3.05) is 39.3 Å². The number of nitrogens with zero attached hydrogens (tertiary/aromatic N) is 1. The van der Waals surface area contributed by atoms with E-state index < -0.39 is 0 Å². The van der Waals surface area contributed by atoms with E-state index >= 15 is 0 Å². The molecule has 0 aromatic heterocycles. The van der Waals surface area contributed by atoms with Crippen molar-refractivity contribution in [3.05, 3.63) is 27.7 Å². The molecule has 0 unspecified atom stereocenters.